The number of nitrogens with zero attached hydrogens (tertiary/aromatic N) is 6. The van der Waals surface area contributed by atoms with Gasteiger partial charge in [-0.15, -0.1) is 0 Å². The van der Waals surface area contributed by atoms with E-state index in [4.69, 9.17) is 27.9 Å². The molecule has 5 rings (SSSR count). The van der Waals surface area contributed by atoms with E-state index >= 15 is 0 Å². The first-order chi connectivity index (χ1) is 13.6. The molecule has 10 heteroatoms. The van der Waals surface area contributed by atoms with Crippen LogP contribution in [0.25, 0.3) is 0 Å². The van der Waals surface area contributed by atoms with Crippen LogP contribution in [0.1, 0.15) is 31.2 Å². The predicted octanol–water partition coefficient (Wildman–Crippen LogP) is 2.90. The van der Waals surface area contributed by atoms with Gasteiger partial charge in [0.15, 0.2) is 5.82 Å². The second-order valence-electron chi connectivity index (χ2n) is 7.25. The number of hydrogen-bond acceptors (Lipinski definition) is 7. The molecule has 3 aliphatic rings. The highest BCUT2D eigenvalue weighted by molar-refractivity contribution is 6.34. The van der Waals surface area contributed by atoms with Crippen LogP contribution in [0.2, 0.25) is 10.4 Å². The van der Waals surface area contributed by atoms with Crippen LogP contribution in [-0.4, -0.2) is 52.1 Å². The fraction of sp³-hybridized carbons (Fsp3) is 0.500. The van der Waals surface area contributed by atoms with E-state index in [0.29, 0.717) is 36.2 Å². The molecule has 2 aromatic rings. The number of carbonyl (C=O) groups excluding carboxylic acids is 1. The molecule has 0 aromatic carbocycles. The SMILES string of the molecule is O=C1N(c2cnc(N3CCOCC3)nc2)c2nc(Cl)nc(Cl)c2C12CCCC2. The quantitative estimate of drug-likeness (QED) is 0.545. The van der Waals surface area contributed by atoms with Crippen molar-refractivity contribution in [1.82, 2.24) is 19.9 Å². The highest BCUT2D eigenvalue weighted by Crippen LogP contribution is 2.54. The van der Waals surface area contributed by atoms with E-state index in [1.807, 2.05) is 0 Å². The van der Waals surface area contributed by atoms with Crippen molar-refractivity contribution >= 4 is 46.6 Å². The summed E-state index contributed by atoms with van der Waals surface area (Å²) in [5.41, 5.74) is 0.552. The number of rotatable bonds is 2. The van der Waals surface area contributed by atoms with E-state index in [9.17, 15) is 4.79 Å². The molecule has 0 unspecified atom stereocenters. The predicted molar refractivity (Wildman–Crippen MR) is 104 cm³/mol. The van der Waals surface area contributed by atoms with Crippen LogP contribution in [0.4, 0.5) is 17.5 Å². The first-order valence-electron chi connectivity index (χ1n) is 9.33. The summed E-state index contributed by atoms with van der Waals surface area (Å²) in [4.78, 5) is 34.5. The Hall–Kier alpha value is -2.03. The summed E-state index contributed by atoms with van der Waals surface area (Å²) in [5, 5.41) is 0.265. The molecule has 1 aliphatic carbocycles. The summed E-state index contributed by atoms with van der Waals surface area (Å²) in [6.07, 6.45) is 6.68. The molecule has 0 bridgehead atoms. The first-order valence-corrected chi connectivity index (χ1v) is 10.1. The van der Waals surface area contributed by atoms with Crippen molar-refractivity contribution in [3.63, 3.8) is 0 Å². The van der Waals surface area contributed by atoms with E-state index in [0.717, 1.165) is 38.8 Å². The molecule has 8 nitrogen and oxygen atoms in total. The lowest BCUT2D eigenvalue weighted by Crippen LogP contribution is -2.38. The summed E-state index contributed by atoms with van der Waals surface area (Å²) < 4.78 is 5.37. The Morgan fingerprint density at radius 2 is 1.71 bits per heavy atom. The number of fused-ring (bicyclic) bond motifs is 2. The number of morpholine rings is 1. The van der Waals surface area contributed by atoms with Crippen LogP contribution in [0.3, 0.4) is 0 Å². The third-order valence-corrected chi connectivity index (χ3v) is 6.20. The lowest BCUT2D eigenvalue weighted by molar-refractivity contribution is -0.122. The molecule has 1 saturated carbocycles. The van der Waals surface area contributed by atoms with Crippen LogP contribution in [-0.2, 0) is 14.9 Å². The van der Waals surface area contributed by atoms with Gasteiger partial charge in [-0.1, -0.05) is 24.4 Å². The van der Waals surface area contributed by atoms with Crippen molar-refractivity contribution in [3.8, 4) is 0 Å². The van der Waals surface area contributed by atoms with Gasteiger partial charge in [0.2, 0.25) is 17.1 Å². The molecule has 1 amide bonds. The molecule has 2 fully saturated rings. The zero-order valence-electron chi connectivity index (χ0n) is 15.1. The lowest BCUT2D eigenvalue weighted by atomic mass is 9.81. The molecular formula is C18H18Cl2N6O2. The third kappa shape index (κ3) is 2.66. The van der Waals surface area contributed by atoms with Gasteiger partial charge >= 0.3 is 0 Å². The van der Waals surface area contributed by atoms with Gasteiger partial charge in [0.25, 0.3) is 0 Å². The monoisotopic (exact) mass is 420 g/mol. The smallest absolute Gasteiger partial charge is 0.243 e. The average molecular weight is 421 g/mol. The van der Waals surface area contributed by atoms with Crippen molar-refractivity contribution in [2.24, 2.45) is 0 Å². The minimum atomic E-state index is -0.681. The lowest BCUT2D eigenvalue weighted by Gasteiger charge is -2.27. The summed E-state index contributed by atoms with van der Waals surface area (Å²) in [6.45, 7) is 2.79. The van der Waals surface area contributed by atoms with Crippen LogP contribution < -0.4 is 9.80 Å². The van der Waals surface area contributed by atoms with Crippen molar-refractivity contribution in [3.05, 3.63) is 28.4 Å². The molecule has 1 saturated heterocycles. The van der Waals surface area contributed by atoms with E-state index in [-0.39, 0.29) is 16.3 Å². The zero-order valence-corrected chi connectivity index (χ0v) is 16.6. The van der Waals surface area contributed by atoms with E-state index in [2.05, 4.69) is 24.8 Å². The number of anilines is 3. The van der Waals surface area contributed by atoms with Gasteiger partial charge in [0.1, 0.15) is 5.15 Å². The molecular weight excluding hydrogens is 403 g/mol. The average Bonchev–Trinajstić information content (AvgIpc) is 3.28. The van der Waals surface area contributed by atoms with Crippen molar-refractivity contribution in [2.45, 2.75) is 31.1 Å². The van der Waals surface area contributed by atoms with Crippen LogP contribution in [0.15, 0.2) is 12.4 Å². The van der Waals surface area contributed by atoms with Gasteiger partial charge < -0.3 is 9.64 Å². The molecule has 0 radical (unpaired) electrons. The largest absolute Gasteiger partial charge is 0.378 e. The minimum Gasteiger partial charge on any atom is -0.378 e. The van der Waals surface area contributed by atoms with Gasteiger partial charge in [-0.05, 0) is 24.4 Å². The maximum atomic E-state index is 13.5. The van der Waals surface area contributed by atoms with Gasteiger partial charge in [-0.2, -0.15) is 4.98 Å². The van der Waals surface area contributed by atoms with E-state index < -0.39 is 5.41 Å². The number of amides is 1. The summed E-state index contributed by atoms with van der Waals surface area (Å²) >= 11 is 12.5. The van der Waals surface area contributed by atoms with E-state index in [1.165, 1.54) is 0 Å². The van der Waals surface area contributed by atoms with Crippen LogP contribution >= 0.6 is 23.2 Å². The maximum Gasteiger partial charge on any atom is 0.243 e. The fourth-order valence-electron chi connectivity index (χ4n) is 4.43. The zero-order chi connectivity index (χ0) is 19.3. The van der Waals surface area contributed by atoms with Gasteiger partial charge in [0, 0.05) is 18.7 Å². The Labute approximate surface area is 171 Å². The van der Waals surface area contributed by atoms with Crippen molar-refractivity contribution in [2.75, 3.05) is 36.1 Å². The van der Waals surface area contributed by atoms with Gasteiger partial charge in [-0.25, -0.2) is 15.0 Å². The molecule has 2 aromatic heterocycles. The number of halogens is 2. The van der Waals surface area contributed by atoms with Crippen LogP contribution in [0.5, 0.6) is 0 Å². The summed E-state index contributed by atoms with van der Waals surface area (Å²) in [5.74, 6) is 1.01. The Kier molecular flexibility index (Phi) is 4.37. The van der Waals surface area contributed by atoms with Gasteiger partial charge in [-0.3, -0.25) is 9.69 Å². The first kappa shape index (κ1) is 18.0. The maximum absolute atomic E-state index is 13.5. The highest BCUT2D eigenvalue weighted by Gasteiger charge is 2.55. The summed E-state index contributed by atoms with van der Waals surface area (Å²) in [6, 6.07) is 0. The Bertz CT molecular complexity index is 926. The Balaban J connectivity index is 1.56. The number of aromatic nitrogens is 4. The minimum absolute atomic E-state index is 0.0162. The highest BCUT2D eigenvalue weighted by atomic mass is 35.5. The Morgan fingerprint density at radius 3 is 2.39 bits per heavy atom. The second kappa shape index (κ2) is 6.79. The number of ether oxygens (including phenoxy) is 1. The molecule has 2 aliphatic heterocycles. The van der Waals surface area contributed by atoms with Crippen LogP contribution in [0, 0.1) is 0 Å². The topological polar surface area (TPSA) is 84.3 Å². The normalized spacial score (nSPS) is 20.9. The fourth-order valence-corrected chi connectivity index (χ4v) is 4.98. The standard InChI is InChI=1S/C18H18Cl2N6O2/c19-13-12-14(24-16(20)23-13)26(15(27)18(12)3-1-2-4-18)11-9-21-17(22-10-11)25-5-7-28-8-6-25/h9-10H,1-8H2. The van der Waals surface area contributed by atoms with Gasteiger partial charge in [0.05, 0.1) is 36.7 Å². The second-order valence-corrected chi connectivity index (χ2v) is 7.95. The third-order valence-electron chi connectivity index (χ3n) is 5.76. The number of carbonyl (C=O) groups is 1. The Morgan fingerprint density at radius 1 is 1.04 bits per heavy atom. The molecule has 28 heavy (non-hydrogen) atoms. The molecule has 1 spiro atoms. The van der Waals surface area contributed by atoms with Crippen molar-refractivity contribution < 1.29 is 9.53 Å². The summed E-state index contributed by atoms with van der Waals surface area (Å²) in [7, 11) is 0. The van der Waals surface area contributed by atoms with E-state index in [1.54, 1.807) is 17.3 Å². The number of hydrogen-bond donors (Lipinski definition) is 0. The molecule has 0 N–H and O–H groups in total. The molecule has 146 valence electrons. The molecule has 0 atom stereocenters. The van der Waals surface area contributed by atoms with Crippen molar-refractivity contribution in [1.29, 1.82) is 0 Å². The molecule has 4 heterocycles.